The molecule has 0 aliphatic rings. The quantitative estimate of drug-likeness (QED) is 0.373. The average molecular weight is 343 g/mol. The van der Waals surface area contributed by atoms with E-state index in [9.17, 15) is 0 Å². The maximum Gasteiger partial charge on any atom is 0.136 e. The van der Waals surface area contributed by atoms with Crippen LogP contribution in [0.25, 0.3) is 16.5 Å². The van der Waals surface area contributed by atoms with Crippen LogP contribution < -0.4 is 0 Å². The van der Waals surface area contributed by atoms with Gasteiger partial charge >= 0.3 is 0 Å². The van der Waals surface area contributed by atoms with Crippen molar-refractivity contribution in [3.05, 3.63) is 88.7 Å². The summed E-state index contributed by atoms with van der Waals surface area (Å²) in [6, 6.07) is 24.4. The van der Waals surface area contributed by atoms with Crippen molar-refractivity contribution in [1.29, 1.82) is 0 Å². The highest BCUT2D eigenvalue weighted by Gasteiger charge is 2.07. The van der Waals surface area contributed by atoms with Gasteiger partial charge in [0.2, 0.25) is 0 Å². The van der Waals surface area contributed by atoms with E-state index in [1.807, 2.05) is 72.4 Å². The Hall–Kier alpha value is -2.98. The first kappa shape index (κ1) is 15.5. The van der Waals surface area contributed by atoms with E-state index < -0.39 is 0 Å². The van der Waals surface area contributed by atoms with Gasteiger partial charge in [-0.3, -0.25) is 10.1 Å². The largest absolute Gasteiger partial charge is 0.297 e. The highest BCUT2D eigenvalue weighted by atomic mass is 32.1. The first-order chi connectivity index (χ1) is 12.2. The Bertz CT molecular complexity index is 1120. The zero-order valence-corrected chi connectivity index (χ0v) is 14.6. The normalized spacial score (nSPS) is 11.4. The number of fused-ring (bicyclic) bond motifs is 1. The van der Waals surface area contributed by atoms with E-state index in [0.717, 1.165) is 32.7 Å². The fraction of sp³-hybridized carbons (Fsp3) is 0.0476. The molecule has 0 aliphatic carbocycles. The van der Waals surface area contributed by atoms with Crippen molar-refractivity contribution in [2.75, 3.05) is 0 Å². The lowest BCUT2D eigenvalue weighted by atomic mass is 10.1. The lowest BCUT2D eigenvalue weighted by molar-refractivity contribution is 0.853. The number of hydrogen-bond acceptors (Lipinski definition) is 2. The fourth-order valence-electron chi connectivity index (χ4n) is 2.93. The molecule has 0 radical (unpaired) electrons. The smallest absolute Gasteiger partial charge is 0.136 e. The standard InChI is InChI=1S/C21H17N3S/c1-15-19(21(25)24(23-15)17-10-3-2-4-11-17)14-22-20-13-7-9-16-8-5-6-12-18(16)20/h2-14,23H,1H3. The van der Waals surface area contributed by atoms with E-state index >= 15 is 0 Å². The molecule has 0 unspecified atom stereocenters. The number of H-pyrrole nitrogens is 1. The Morgan fingerprint density at radius 2 is 1.64 bits per heavy atom. The number of nitrogens with zero attached hydrogens (tertiary/aromatic N) is 2. The van der Waals surface area contributed by atoms with Gasteiger partial charge in [-0.1, -0.05) is 66.8 Å². The van der Waals surface area contributed by atoms with Gasteiger partial charge in [0.15, 0.2) is 0 Å². The molecule has 3 nitrogen and oxygen atoms in total. The molecule has 4 aromatic rings. The zero-order valence-electron chi connectivity index (χ0n) is 13.8. The van der Waals surface area contributed by atoms with Gasteiger partial charge in [-0.25, -0.2) is 4.68 Å². The Labute approximate surface area is 151 Å². The molecule has 0 spiro atoms. The molecule has 0 aliphatic heterocycles. The van der Waals surface area contributed by atoms with Crippen LogP contribution in [0.1, 0.15) is 11.3 Å². The minimum Gasteiger partial charge on any atom is -0.297 e. The summed E-state index contributed by atoms with van der Waals surface area (Å²) in [4.78, 5) is 4.71. The molecule has 0 amide bonds. The van der Waals surface area contributed by atoms with E-state index in [1.165, 1.54) is 5.39 Å². The maximum absolute atomic E-state index is 5.65. The van der Waals surface area contributed by atoms with Gasteiger partial charge in [-0.05, 0) is 30.5 Å². The maximum atomic E-state index is 5.65. The van der Waals surface area contributed by atoms with Crippen molar-refractivity contribution in [2.45, 2.75) is 6.92 Å². The van der Waals surface area contributed by atoms with Gasteiger partial charge in [0, 0.05) is 17.3 Å². The summed E-state index contributed by atoms with van der Waals surface area (Å²) >= 11 is 5.65. The molecule has 0 bridgehead atoms. The van der Waals surface area contributed by atoms with Gasteiger partial charge in [0.25, 0.3) is 0 Å². The van der Waals surface area contributed by atoms with Crippen LogP contribution in [0.15, 0.2) is 77.8 Å². The third-order valence-corrected chi connectivity index (χ3v) is 4.63. The van der Waals surface area contributed by atoms with Crippen molar-refractivity contribution < 1.29 is 0 Å². The van der Waals surface area contributed by atoms with Gasteiger partial charge in [0.05, 0.1) is 16.9 Å². The first-order valence-corrected chi connectivity index (χ1v) is 8.54. The summed E-state index contributed by atoms with van der Waals surface area (Å²) < 4.78 is 2.64. The molecule has 1 N–H and O–H groups in total. The molecule has 4 rings (SSSR count). The summed E-state index contributed by atoms with van der Waals surface area (Å²) in [5, 5.41) is 5.64. The summed E-state index contributed by atoms with van der Waals surface area (Å²) in [5.41, 5.74) is 3.89. The van der Waals surface area contributed by atoms with Crippen LogP contribution in [0.4, 0.5) is 5.69 Å². The molecule has 0 fully saturated rings. The number of para-hydroxylation sites is 1. The number of aryl methyl sites for hydroxylation is 1. The Morgan fingerprint density at radius 1 is 0.920 bits per heavy atom. The summed E-state index contributed by atoms with van der Waals surface area (Å²) in [7, 11) is 0. The van der Waals surface area contributed by atoms with E-state index in [2.05, 4.69) is 23.3 Å². The third-order valence-electron chi connectivity index (χ3n) is 4.23. The molecule has 4 heteroatoms. The topological polar surface area (TPSA) is 33.1 Å². The van der Waals surface area contributed by atoms with Crippen molar-refractivity contribution in [3.8, 4) is 5.69 Å². The van der Waals surface area contributed by atoms with Gasteiger partial charge in [0.1, 0.15) is 4.64 Å². The predicted octanol–water partition coefficient (Wildman–Crippen LogP) is 5.75. The summed E-state index contributed by atoms with van der Waals surface area (Å²) in [5.74, 6) is 0. The number of aromatic nitrogens is 2. The lowest BCUT2D eigenvalue weighted by Gasteiger charge is -2.01. The SMILES string of the molecule is Cc1[nH]n(-c2ccccc2)c(=S)c1C=Nc1cccc2ccccc12. The fourth-order valence-corrected chi connectivity index (χ4v) is 3.28. The number of aliphatic imine (C=N–C) groups is 1. The number of hydrogen-bond donors (Lipinski definition) is 1. The molecule has 3 aromatic carbocycles. The minimum absolute atomic E-state index is 0.729. The molecule has 122 valence electrons. The van der Waals surface area contributed by atoms with E-state index in [0.29, 0.717) is 0 Å². The number of nitrogens with one attached hydrogen (secondary N) is 1. The highest BCUT2D eigenvalue weighted by molar-refractivity contribution is 7.71. The molecule has 1 aromatic heterocycles. The predicted molar refractivity (Wildman–Crippen MR) is 107 cm³/mol. The van der Waals surface area contributed by atoms with Crippen molar-refractivity contribution in [1.82, 2.24) is 9.78 Å². The molecule has 0 saturated heterocycles. The highest BCUT2D eigenvalue weighted by Crippen LogP contribution is 2.25. The molecule has 1 heterocycles. The summed E-state index contributed by atoms with van der Waals surface area (Å²) in [6.07, 6.45) is 1.86. The lowest BCUT2D eigenvalue weighted by Crippen LogP contribution is -1.95. The second-order valence-corrected chi connectivity index (χ2v) is 6.27. The number of rotatable bonds is 3. The second-order valence-electron chi connectivity index (χ2n) is 5.88. The van der Waals surface area contributed by atoms with Crippen LogP contribution in [0.2, 0.25) is 0 Å². The Morgan fingerprint density at radius 3 is 2.48 bits per heavy atom. The van der Waals surface area contributed by atoms with Crippen LogP contribution in [0, 0.1) is 11.6 Å². The third kappa shape index (κ3) is 2.92. The molecular formula is C21H17N3S. The minimum atomic E-state index is 0.729. The van der Waals surface area contributed by atoms with Crippen LogP contribution in [0.3, 0.4) is 0 Å². The number of benzene rings is 3. The van der Waals surface area contributed by atoms with Crippen LogP contribution in [0.5, 0.6) is 0 Å². The second kappa shape index (κ2) is 6.49. The summed E-state index contributed by atoms with van der Waals surface area (Å²) in [6.45, 7) is 2.01. The van der Waals surface area contributed by atoms with E-state index in [4.69, 9.17) is 17.2 Å². The van der Waals surface area contributed by atoms with Crippen molar-refractivity contribution >= 4 is 34.9 Å². The molecular weight excluding hydrogens is 326 g/mol. The van der Waals surface area contributed by atoms with Gasteiger partial charge in [-0.15, -0.1) is 0 Å². The zero-order chi connectivity index (χ0) is 17.2. The van der Waals surface area contributed by atoms with E-state index in [1.54, 1.807) is 0 Å². The Balaban J connectivity index is 1.77. The van der Waals surface area contributed by atoms with Gasteiger partial charge in [-0.2, -0.15) is 0 Å². The monoisotopic (exact) mass is 343 g/mol. The first-order valence-electron chi connectivity index (χ1n) is 8.13. The number of aromatic amines is 1. The average Bonchev–Trinajstić information content (AvgIpc) is 2.94. The molecule has 25 heavy (non-hydrogen) atoms. The van der Waals surface area contributed by atoms with Gasteiger partial charge < -0.3 is 0 Å². The van der Waals surface area contributed by atoms with Crippen molar-refractivity contribution in [3.63, 3.8) is 0 Å². The molecule has 0 atom stereocenters. The van der Waals surface area contributed by atoms with E-state index in [-0.39, 0.29) is 0 Å². The van der Waals surface area contributed by atoms with Crippen LogP contribution in [-0.4, -0.2) is 16.0 Å². The Kier molecular flexibility index (Phi) is 4.04. The van der Waals surface area contributed by atoms with Crippen LogP contribution in [-0.2, 0) is 0 Å². The molecule has 0 saturated carbocycles. The van der Waals surface area contributed by atoms with Crippen LogP contribution >= 0.6 is 12.2 Å². The van der Waals surface area contributed by atoms with Crippen molar-refractivity contribution in [2.24, 2.45) is 4.99 Å².